The Hall–Kier alpha value is -3.48. The van der Waals surface area contributed by atoms with Gasteiger partial charge in [-0.3, -0.25) is 19.7 Å². The number of hydrogen-bond acceptors (Lipinski definition) is 4. The lowest BCUT2D eigenvalue weighted by molar-refractivity contribution is -0.384. The predicted octanol–water partition coefficient (Wildman–Crippen LogP) is 3.58. The number of nitrogens with zero attached hydrogens (tertiary/aromatic N) is 3. The Morgan fingerprint density at radius 3 is 2.27 bits per heavy atom. The molecule has 0 unspecified atom stereocenters. The first kappa shape index (κ1) is 21.2. The molecule has 7 nitrogen and oxygen atoms in total. The zero-order valence-electron chi connectivity index (χ0n) is 17.4. The van der Waals surface area contributed by atoms with Crippen molar-refractivity contribution < 1.29 is 14.5 Å². The minimum Gasteiger partial charge on any atom is -0.339 e. The Balaban J connectivity index is 1.90. The van der Waals surface area contributed by atoms with Crippen molar-refractivity contribution in [3.63, 3.8) is 0 Å². The second-order valence-corrected chi connectivity index (χ2v) is 7.46. The number of hydrogen-bond donors (Lipinski definition) is 0. The maximum atomic E-state index is 12.6. The molecule has 0 atom stereocenters. The third-order valence-corrected chi connectivity index (χ3v) is 5.51. The van der Waals surface area contributed by atoms with E-state index >= 15 is 0 Å². The standard InChI is InChI=1S/C23H25N3O4/c1-16-7-8-20(15-17(16)2)23-19(5-4-6-21(23)26(29)30)9-10-22(28)25-13-11-24(12-14-25)18(3)27/h4-10,15H,11-14H2,1-3H3/b10-9+. The Bertz CT molecular complexity index is 1020. The first-order valence-corrected chi connectivity index (χ1v) is 9.85. The number of nitro groups is 1. The molecule has 3 rings (SSSR count). The van der Waals surface area contributed by atoms with Gasteiger partial charge in [-0.05, 0) is 42.2 Å². The van der Waals surface area contributed by atoms with Crippen molar-refractivity contribution in [3.05, 3.63) is 69.3 Å². The average molecular weight is 407 g/mol. The Morgan fingerprint density at radius 1 is 1.00 bits per heavy atom. The van der Waals surface area contributed by atoms with Gasteiger partial charge in [0.1, 0.15) is 0 Å². The van der Waals surface area contributed by atoms with E-state index in [0.717, 1.165) is 16.7 Å². The second kappa shape index (κ2) is 8.90. The van der Waals surface area contributed by atoms with Crippen molar-refractivity contribution in [1.82, 2.24) is 9.80 Å². The van der Waals surface area contributed by atoms with Gasteiger partial charge in [-0.25, -0.2) is 0 Å². The van der Waals surface area contributed by atoms with Gasteiger partial charge in [-0.2, -0.15) is 0 Å². The summed E-state index contributed by atoms with van der Waals surface area (Å²) in [5.41, 5.74) is 4.00. The molecule has 0 N–H and O–H groups in total. The number of nitro benzene ring substituents is 1. The molecule has 2 aromatic carbocycles. The molecule has 1 fully saturated rings. The molecule has 7 heteroatoms. The van der Waals surface area contributed by atoms with Crippen LogP contribution in [0.3, 0.4) is 0 Å². The van der Waals surface area contributed by atoms with E-state index < -0.39 is 4.92 Å². The molecule has 0 radical (unpaired) electrons. The Labute approximate surface area is 175 Å². The number of carbonyl (C=O) groups excluding carboxylic acids is 2. The maximum Gasteiger partial charge on any atom is 0.277 e. The van der Waals surface area contributed by atoms with E-state index in [-0.39, 0.29) is 17.5 Å². The van der Waals surface area contributed by atoms with E-state index in [1.54, 1.807) is 28.0 Å². The Morgan fingerprint density at radius 2 is 1.67 bits per heavy atom. The summed E-state index contributed by atoms with van der Waals surface area (Å²) in [7, 11) is 0. The van der Waals surface area contributed by atoms with Crippen molar-refractivity contribution in [1.29, 1.82) is 0 Å². The number of aryl methyl sites for hydroxylation is 2. The molecule has 2 amide bonds. The fourth-order valence-electron chi connectivity index (χ4n) is 3.57. The van der Waals surface area contributed by atoms with Crippen LogP contribution in [-0.2, 0) is 9.59 Å². The van der Waals surface area contributed by atoms with Crippen molar-refractivity contribution in [2.75, 3.05) is 26.2 Å². The van der Waals surface area contributed by atoms with E-state index in [1.807, 2.05) is 32.0 Å². The van der Waals surface area contributed by atoms with Crippen LogP contribution in [0.5, 0.6) is 0 Å². The highest BCUT2D eigenvalue weighted by molar-refractivity contribution is 5.94. The normalized spacial score (nSPS) is 14.2. The fourth-order valence-corrected chi connectivity index (χ4v) is 3.57. The third kappa shape index (κ3) is 4.56. The summed E-state index contributed by atoms with van der Waals surface area (Å²) >= 11 is 0. The molecule has 1 aliphatic heterocycles. The summed E-state index contributed by atoms with van der Waals surface area (Å²) in [4.78, 5) is 38.7. The molecule has 156 valence electrons. The monoisotopic (exact) mass is 407 g/mol. The zero-order chi connectivity index (χ0) is 21.8. The van der Waals surface area contributed by atoms with Crippen LogP contribution in [0, 0.1) is 24.0 Å². The van der Waals surface area contributed by atoms with Gasteiger partial charge in [0.15, 0.2) is 0 Å². The quantitative estimate of drug-likeness (QED) is 0.441. The molecule has 2 aromatic rings. The van der Waals surface area contributed by atoms with Gasteiger partial charge in [-0.15, -0.1) is 0 Å². The Kier molecular flexibility index (Phi) is 6.30. The van der Waals surface area contributed by atoms with Crippen molar-refractivity contribution in [2.45, 2.75) is 20.8 Å². The van der Waals surface area contributed by atoms with Gasteiger partial charge < -0.3 is 9.80 Å². The molecule has 0 spiro atoms. The topological polar surface area (TPSA) is 83.8 Å². The van der Waals surface area contributed by atoms with Gasteiger partial charge in [0.2, 0.25) is 11.8 Å². The van der Waals surface area contributed by atoms with Crippen LogP contribution in [0.4, 0.5) is 5.69 Å². The molecule has 0 bridgehead atoms. The van der Waals surface area contributed by atoms with E-state index in [2.05, 4.69) is 0 Å². The second-order valence-electron chi connectivity index (χ2n) is 7.46. The van der Waals surface area contributed by atoms with Crippen LogP contribution in [-0.4, -0.2) is 52.7 Å². The summed E-state index contributed by atoms with van der Waals surface area (Å²) in [6.45, 7) is 7.45. The third-order valence-electron chi connectivity index (χ3n) is 5.51. The largest absolute Gasteiger partial charge is 0.339 e. The number of carbonyl (C=O) groups is 2. The molecule has 0 saturated carbocycles. The predicted molar refractivity (Wildman–Crippen MR) is 116 cm³/mol. The van der Waals surface area contributed by atoms with Crippen LogP contribution in [0.15, 0.2) is 42.5 Å². The molecular formula is C23H25N3O4. The number of piperazine rings is 1. The van der Waals surface area contributed by atoms with Crippen LogP contribution < -0.4 is 0 Å². The van der Waals surface area contributed by atoms with E-state index in [1.165, 1.54) is 19.1 Å². The molecule has 1 saturated heterocycles. The lowest BCUT2D eigenvalue weighted by Crippen LogP contribution is -2.49. The first-order valence-electron chi connectivity index (χ1n) is 9.85. The molecule has 1 heterocycles. The van der Waals surface area contributed by atoms with Crippen molar-refractivity contribution >= 4 is 23.6 Å². The zero-order valence-corrected chi connectivity index (χ0v) is 17.4. The maximum absolute atomic E-state index is 12.6. The van der Waals surface area contributed by atoms with Gasteiger partial charge in [0, 0.05) is 45.2 Å². The number of rotatable bonds is 4. The van der Waals surface area contributed by atoms with Crippen LogP contribution in [0.1, 0.15) is 23.6 Å². The lowest BCUT2D eigenvalue weighted by atomic mass is 9.94. The van der Waals surface area contributed by atoms with Gasteiger partial charge >= 0.3 is 0 Å². The number of benzene rings is 2. The highest BCUT2D eigenvalue weighted by Gasteiger charge is 2.22. The summed E-state index contributed by atoms with van der Waals surface area (Å²) in [6, 6.07) is 10.6. The van der Waals surface area contributed by atoms with Crippen LogP contribution in [0.25, 0.3) is 17.2 Å². The highest BCUT2D eigenvalue weighted by atomic mass is 16.6. The summed E-state index contributed by atoms with van der Waals surface area (Å²) in [5.74, 6) is -0.164. The lowest BCUT2D eigenvalue weighted by Gasteiger charge is -2.33. The molecule has 30 heavy (non-hydrogen) atoms. The van der Waals surface area contributed by atoms with Gasteiger partial charge in [-0.1, -0.05) is 30.3 Å². The first-order chi connectivity index (χ1) is 14.3. The SMILES string of the molecule is CC(=O)N1CCN(C(=O)/C=C/c2cccc([N+](=O)[O-])c2-c2ccc(C)c(C)c2)CC1. The van der Waals surface area contributed by atoms with E-state index in [4.69, 9.17) is 0 Å². The van der Waals surface area contributed by atoms with Crippen molar-refractivity contribution in [2.24, 2.45) is 0 Å². The van der Waals surface area contributed by atoms with Crippen LogP contribution >= 0.6 is 0 Å². The summed E-state index contributed by atoms with van der Waals surface area (Å²) in [5, 5.41) is 11.6. The van der Waals surface area contributed by atoms with E-state index in [0.29, 0.717) is 37.3 Å². The van der Waals surface area contributed by atoms with Crippen molar-refractivity contribution in [3.8, 4) is 11.1 Å². The number of amides is 2. The fraction of sp³-hybridized carbons (Fsp3) is 0.304. The van der Waals surface area contributed by atoms with Gasteiger partial charge in [0.25, 0.3) is 5.69 Å². The minimum absolute atomic E-state index is 0.00271. The van der Waals surface area contributed by atoms with Gasteiger partial charge in [0.05, 0.1) is 10.5 Å². The van der Waals surface area contributed by atoms with E-state index in [9.17, 15) is 19.7 Å². The summed E-state index contributed by atoms with van der Waals surface area (Å²) in [6.07, 6.45) is 3.09. The van der Waals surface area contributed by atoms with Crippen LogP contribution in [0.2, 0.25) is 0 Å². The smallest absolute Gasteiger partial charge is 0.277 e. The molecule has 1 aliphatic rings. The summed E-state index contributed by atoms with van der Waals surface area (Å²) < 4.78 is 0. The average Bonchev–Trinajstić information content (AvgIpc) is 2.73. The highest BCUT2D eigenvalue weighted by Crippen LogP contribution is 2.35. The molecular weight excluding hydrogens is 382 g/mol. The molecule has 0 aromatic heterocycles. The molecule has 0 aliphatic carbocycles. The minimum atomic E-state index is -0.398.